The minimum atomic E-state index is -0.420. The second kappa shape index (κ2) is 4.72. The number of aliphatic hydroxyl groups is 1. The van der Waals surface area contributed by atoms with Crippen LogP contribution in [0.15, 0.2) is 23.8 Å². The van der Waals surface area contributed by atoms with Gasteiger partial charge in [-0.15, -0.1) is 0 Å². The Bertz CT molecular complexity index is 532. The predicted octanol–water partition coefficient (Wildman–Crippen LogP) is 5.26. The summed E-state index contributed by atoms with van der Waals surface area (Å²) in [6, 6.07) is 0. The SMILES string of the molecule is CCC1(O)CC[C@@]2(C)C(=CC[C@H]3[C@@H]4CC=C[C@@]4(C)CC[C@@H]32)C1. The van der Waals surface area contributed by atoms with Gasteiger partial charge in [0.1, 0.15) is 0 Å². The van der Waals surface area contributed by atoms with Crippen LogP contribution in [0, 0.1) is 28.6 Å². The summed E-state index contributed by atoms with van der Waals surface area (Å²) in [5.74, 6) is 2.59. The molecule has 0 aromatic carbocycles. The summed E-state index contributed by atoms with van der Waals surface area (Å²) in [6.07, 6.45) is 16.9. The molecular formula is C21H32O. The molecule has 1 unspecified atom stereocenters. The fourth-order valence-electron chi connectivity index (χ4n) is 6.50. The third-order valence-electron chi connectivity index (χ3n) is 8.24. The second-order valence-electron chi connectivity index (χ2n) is 9.20. The average molecular weight is 300 g/mol. The highest BCUT2D eigenvalue weighted by molar-refractivity contribution is 5.28. The molecule has 2 fully saturated rings. The minimum Gasteiger partial charge on any atom is -0.390 e. The normalized spacial score (nSPS) is 53.5. The molecule has 0 heterocycles. The van der Waals surface area contributed by atoms with Gasteiger partial charge in [-0.05, 0) is 80.0 Å². The predicted molar refractivity (Wildman–Crippen MR) is 91.5 cm³/mol. The van der Waals surface area contributed by atoms with Gasteiger partial charge in [0.15, 0.2) is 0 Å². The van der Waals surface area contributed by atoms with Crippen molar-refractivity contribution < 1.29 is 5.11 Å². The summed E-state index contributed by atoms with van der Waals surface area (Å²) in [7, 11) is 0. The molecule has 0 spiro atoms. The van der Waals surface area contributed by atoms with Crippen molar-refractivity contribution in [2.45, 2.75) is 77.7 Å². The first kappa shape index (κ1) is 15.0. The molecule has 0 aromatic rings. The first-order chi connectivity index (χ1) is 10.4. The molecule has 1 nitrogen and oxygen atoms in total. The molecular weight excluding hydrogens is 268 g/mol. The van der Waals surface area contributed by atoms with Crippen molar-refractivity contribution in [3.63, 3.8) is 0 Å². The molecule has 0 bridgehead atoms. The third-order valence-corrected chi connectivity index (χ3v) is 8.24. The molecule has 0 saturated heterocycles. The second-order valence-corrected chi connectivity index (χ2v) is 9.20. The maximum Gasteiger partial charge on any atom is 0.0682 e. The van der Waals surface area contributed by atoms with Gasteiger partial charge in [0.05, 0.1) is 5.60 Å². The Labute approximate surface area is 135 Å². The van der Waals surface area contributed by atoms with Crippen molar-refractivity contribution in [2.24, 2.45) is 28.6 Å². The Morgan fingerprint density at radius 3 is 2.73 bits per heavy atom. The van der Waals surface area contributed by atoms with Crippen molar-refractivity contribution in [3.8, 4) is 0 Å². The molecule has 0 aromatic heterocycles. The lowest BCUT2D eigenvalue weighted by Gasteiger charge is -2.58. The molecule has 6 atom stereocenters. The lowest BCUT2D eigenvalue weighted by atomic mass is 9.47. The fourth-order valence-corrected chi connectivity index (χ4v) is 6.50. The molecule has 1 heteroatoms. The van der Waals surface area contributed by atoms with Crippen LogP contribution in [0.25, 0.3) is 0 Å². The Morgan fingerprint density at radius 1 is 1.14 bits per heavy atom. The van der Waals surface area contributed by atoms with Gasteiger partial charge in [-0.3, -0.25) is 0 Å². The van der Waals surface area contributed by atoms with Crippen molar-refractivity contribution >= 4 is 0 Å². The Morgan fingerprint density at radius 2 is 1.95 bits per heavy atom. The van der Waals surface area contributed by atoms with E-state index in [-0.39, 0.29) is 0 Å². The van der Waals surface area contributed by atoms with E-state index in [4.69, 9.17) is 0 Å². The van der Waals surface area contributed by atoms with Gasteiger partial charge in [0.2, 0.25) is 0 Å². The Balaban J connectivity index is 1.66. The Hall–Kier alpha value is -0.560. The lowest BCUT2D eigenvalue weighted by molar-refractivity contribution is -0.0583. The summed E-state index contributed by atoms with van der Waals surface area (Å²) in [5.41, 5.74) is 2.02. The van der Waals surface area contributed by atoms with Crippen molar-refractivity contribution in [1.29, 1.82) is 0 Å². The number of hydrogen-bond donors (Lipinski definition) is 1. The molecule has 0 aliphatic heterocycles. The zero-order chi connectivity index (χ0) is 15.6. The van der Waals surface area contributed by atoms with Crippen LogP contribution in [-0.4, -0.2) is 10.7 Å². The third kappa shape index (κ3) is 1.94. The van der Waals surface area contributed by atoms with Gasteiger partial charge >= 0.3 is 0 Å². The number of fused-ring (bicyclic) bond motifs is 5. The summed E-state index contributed by atoms with van der Waals surface area (Å²) < 4.78 is 0. The van der Waals surface area contributed by atoms with Gasteiger partial charge in [-0.1, -0.05) is 44.6 Å². The Kier molecular flexibility index (Phi) is 3.22. The van der Waals surface area contributed by atoms with E-state index in [1.54, 1.807) is 5.57 Å². The lowest BCUT2D eigenvalue weighted by Crippen LogP contribution is -2.51. The average Bonchev–Trinajstić information content (AvgIpc) is 2.90. The number of rotatable bonds is 1. The first-order valence-corrected chi connectivity index (χ1v) is 9.50. The standard InChI is InChI=1S/C21H32O/c1-4-21(22)13-12-20(3)15(14-21)7-8-16-17-6-5-10-19(17,2)11-9-18(16)20/h5,7,10,16-18,22H,4,6,8-9,11-14H2,1-3H3/t16-,17-,18-,19-,20-,21?/m0/s1. The summed E-state index contributed by atoms with van der Waals surface area (Å²) in [4.78, 5) is 0. The van der Waals surface area contributed by atoms with E-state index < -0.39 is 5.60 Å². The van der Waals surface area contributed by atoms with Crippen LogP contribution in [-0.2, 0) is 0 Å². The van der Waals surface area contributed by atoms with Crippen LogP contribution in [0.3, 0.4) is 0 Å². The zero-order valence-corrected chi connectivity index (χ0v) is 14.6. The molecule has 4 aliphatic rings. The summed E-state index contributed by atoms with van der Waals surface area (Å²) >= 11 is 0. The molecule has 1 N–H and O–H groups in total. The molecule has 122 valence electrons. The highest BCUT2D eigenvalue weighted by Crippen LogP contribution is 2.64. The highest BCUT2D eigenvalue weighted by atomic mass is 16.3. The van der Waals surface area contributed by atoms with Crippen LogP contribution in [0.4, 0.5) is 0 Å². The van der Waals surface area contributed by atoms with Crippen molar-refractivity contribution in [2.75, 3.05) is 0 Å². The van der Waals surface area contributed by atoms with E-state index >= 15 is 0 Å². The monoisotopic (exact) mass is 300 g/mol. The maximum absolute atomic E-state index is 10.8. The zero-order valence-electron chi connectivity index (χ0n) is 14.6. The van der Waals surface area contributed by atoms with E-state index in [1.807, 2.05) is 0 Å². The van der Waals surface area contributed by atoms with E-state index in [1.165, 1.54) is 32.1 Å². The van der Waals surface area contributed by atoms with Crippen LogP contribution in [0.1, 0.15) is 72.1 Å². The van der Waals surface area contributed by atoms with Crippen LogP contribution >= 0.6 is 0 Å². The van der Waals surface area contributed by atoms with Crippen molar-refractivity contribution in [1.82, 2.24) is 0 Å². The maximum atomic E-state index is 10.8. The van der Waals surface area contributed by atoms with Gasteiger partial charge in [-0.2, -0.15) is 0 Å². The largest absolute Gasteiger partial charge is 0.390 e. The van der Waals surface area contributed by atoms with E-state index in [9.17, 15) is 5.11 Å². The molecule has 0 radical (unpaired) electrons. The van der Waals surface area contributed by atoms with Gasteiger partial charge in [0.25, 0.3) is 0 Å². The topological polar surface area (TPSA) is 20.2 Å². The summed E-state index contributed by atoms with van der Waals surface area (Å²) in [5, 5.41) is 10.8. The van der Waals surface area contributed by atoms with Crippen LogP contribution < -0.4 is 0 Å². The fraction of sp³-hybridized carbons (Fsp3) is 0.810. The summed E-state index contributed by atoms with van der Waals surface area (Å²) in [6.45, 7) is 7.16. The smallest absolute Gasteiger partial charge is 0.0682 e. The van der Waals surface area contributed by atoms with Gasteiger partial charge < -0.3 is 5.11 Å². The molecule has 2 saturated carbocycles. The van der Waals surface area contributed by atoms with Crippen LogP contribution in [0.2, 0.25) is 0 Å². The van der Waals surface area contributed by atoms with E-state index in [2.05, 4.69) is 39.0 Å². The molecule has 0 amide bonds. The highest BCUT2D eigenvalue weighted by Gasteiger charge is 2.55. The first-order valence-electron chi connectivity index (χ1n) is 9.50. The minimum absolute atomic E-state index is 0.369. The van der Waals surface area contributed by atoms with Gasteiger partial charge in [0, 0.05) is 0 Å². The van der Waals surface area contributed by atoms with E-state index in [0.29, 0.717) is 10.8 Å². The van der Waals surface area contributed by atoms with Gasteiger partial charge in [-0.25, -0.2) is 0 Å². The molecule has 4 aliphatic carbocycles. The number of allylic oxidation sites excluding steroid dienone is 3. The molecule has 22 heavy (non-hydrogen) atoms. The van der Waals surface area contributed by atoms with Crippen molar-refractivity contribution in [3.05, 3.63) is 23.8 Å². The van der Waals surface area contributed by atoms with E-state index in [0.717, 1.165) is 37.0 Å². The van der Waals surface area contributed by atoms with Crippen LogP contribution in [0.5, 0.6) is 0 Å². The molecule has 4 rings (SSSR count). The quantitative estimate of drug-likeness (QED) is 0.655. The number of hydrogen-bond acceptors (Lipinski definition) is 1.